The molecule has 0 aliphatic heterocycles. The molecule has 0 amide bonds. The summed E-state index contributed by atoms with van der Waals surface area (Å²) in [7, 11) is 0. The van der Waals surface area contributed by atoms with Crippen molar-refractivity contribution in [2.75, 3.05) is 13.1 Å². The standard InChI is InChI=1S/C14H23N.C3H8.3C2H6.C2H2/c1-5-7-8-9-14(4)10-11-15-12-13(3)6-2;1-3-2;4*1-2/h5-9,15H,4,10-12H2,1-3H3;3H2,1-2H3;3*1-2H3;1-2H/b7-5-,9-8-,13-6+;;;;;. The Bertz CT molecular complexity index is 303. The Balaban J connectivity index is -0.0000000763. The van der Waals surface area contributed by atoms with Gasteiger partial charge in [-0.05, 0) is 33.7 Å². The van der Waals surface area contributed by atoms with Crippen LogP contribution in [0.4, 0.5) is 0 Å². The Kier molecular flexibility index (Phi) is 86.0. The normalized spacial score (nSPS) is 8.88. The molecule has 0 aromatic rings. The summed E-state index contributed by atoms with van der Waals surface area (Å²) in [5.41, 5.74) is 2.55. The summed E-state index contributed by atoms with van der Waals surface area (Å²) < 4.78 is 0. The number of rotatable bonds is 7. The molecule has 156 valence electrons. The Hall–Kier alpha value is -1.52. The average molecular weight is 366 g/mol. The van der Waals surface area contributed by atoms with E-state index in [-0.39, 0.29) is 0 Å². The first-order valence-electron chi connectivity index (χ1n) is 10.2. The van der Waals surface area contributed by atoms with Gasteiger partial charge < -0.3 is 5.32 Å². The lowest BCUT2D eigenvalue weighted by molar-refractivity contribution is 0.729. The molecular formula is C25H51N. The van der Waals surface area contributed by atoms with Crippen LogP contribution in [-0.4, -0.2) is 13.1 Å². The predicted octanol–water partition coefficient (Wildman–Crippen LogP) is 8.37. The fraction of sp³-hybridized carbons (Fsp3) is 0.600. The van der Waals surface area contributed by atoms with Gasteiger partial charge in [0.1, 0.15) is 0 Å². The van der Waals surface area contributed by atoms with Crippen LogP contribution < -0.4 is 5.32 Å². The fourth-order valence-electron chi connectivity index (χ4n) is 1.02. The molecule has 1 N–H and O–H groups in total. The maximum absolute atomic E-state index is 4.00. The van der Waals surface area contributed by atoms with Gasteiger partial charge in [-0.3, -0.25) is 0 Å². The lowest BCUT2D eigenvalue weighted by Gasteiger charge is -2.04. The number of terminal acetylenes is 1. The zero-order chi connectivity index (χ0) is 22.2. The third kappa shape index (κ3) is 66.6. The van der Waals surface area contributed by atoms with Gasteiger partial charge in [-0.1, -0.05) is 110 Å². The quantitative estimate of drug-likeness (QED) is 0.207. The molecule has 0 unspecified atom stereocenters. The van der Waals surface area contributed by atoms with E-state index in [0.717, 1.165) is 19.5 Å². The molecule has 0 aliphatic rings. The molecule has 0 radical (unpaired) electrons. The first kappa shape index (κ1) is 39.5. The third-order valence-electron chi connectivity index (χ3n) is 2.16. The minimum absolute atomic E-state index is 0.975. The largest absolute Gasteiger partial charge is 0.313 e. The molecule has 0 saturated heterocycles. The lowest BCUT2D eigenvalue weighted by atomic mass is 10.2. The van der Waals surface area contributed by atoms with Crippen LogP contribution >= 0.6 is 0 Å². The maximum atomic E-state index is 4.00. The van der Waals surface area contributed by atoms with E-state index in [4.69, 9.17) is 0 Å². The van der Waals surface area contributed by atoms with Gasteiger partial charge in [-0.25, -0.2) is 0 Å². The molecule has 0 rings (SSSR count). The molecule has 26 heavy (non-hydrogen) atoms. The second kappa shape index (κ2) is 56.6. The van der Waals surface area contributed by atoms with Gasteiger partial charge in [0.25, 0.3) is 0 Å². The molecule has 0 aromatic carbocycles. The van der Waals surface area contributed by atoms with Gasteiger partial charge in [-0.15, -0.1) is 12.8 Å². The molecular weight excluding hydrogens is 314 g/mol. The van der Waals surface area contributed by atoms with Crippen molar-refractivity contribution >= 4 is 0 Å². The number of allylic oxidation sites excluding steroid dienone is 5. The summed E-state index contributed by atoms with van der Waals surface area (Å²) in [4.78, 5) is 0. The second-order valence-corrected chi connectivity index (χ2v) is 4.31. The van der Waals surface area contributed by atoms with Crippen LogP contribution in [-0.2, 0) is 0 Å². The van der Waals surface area contributed by atoms with Crippen LogP contribution in [0.3, 0.4) is 0 Å². The smallest absolute Gasteiger partial charge is 0.0161 e. The zero-order valence-corrected chi connectivity index (χ0v) is 20.1. The van der Waals surface area contributed by atoms with Crippen molar-refractivity contribution in [3.05, 3.63) is 48.1 Å². The molecule has 0 atom stereocenters. The minimum Gasteiger partial charge on any atom is -0.313 e. The highest BCUT2D eigenvalue weighted by Crippen LogP contribution is 1.99. The van der Waals surface area contributed by atoms with Gasteiger partial charge >= 0.3 is 0 Å². The zero-order valence-electron chi connectivity index (χ0n) is 20.1. The van der Waals surface area contributed by atoms with Crippen LogP contribution in [0.5, 0.6) is 0 Å². The predicted molar refractivity (Wildman–Crippen MR) is 130 cm³/mol. The van der Waals surface area contributed by atoms with Gasteiger partial charge in [0.2, 0.25) is 0 Å². The fourth-order valence-corrected chi connectivity index (χ4v) is 1.02. The molecule has 0 saturated carbocycles. The van der Waals surface area contributed by atoms with Crippen LogP contribution in [0, 0.1) is 12.8 Å². The van der Waals surface area contributed by atoms with Crippen LogP contribution in [0.1, 0.15) is 89.0 Å². The maximum Gasteiger partial charge on any atom is 0.0161 e. The Morgan fingerprint density at radius 1 is 0.923 bits per heavy atom. The van der Waals surface area contributed by atoms with E-state index < -0.39 is 0 Å². The minimum atomic E-state index is 0.975. The van der Waals surface area contributed by atoms with Crippen molar-refractivity contribution in [3.8, 4) is 12.8 Å². The first-order valence-corrected chi connectivity index (χ1v) is 10.2. The molecule has 1 heteroatoms. The average Bonchev–Trinajstić information content (AvgIpc) is 2.72. The molecule has 0 aromatic heterocycles. The molecule has 0 aliphatic carbocycles. The van der Waals surface area contributed by atoms with E-state index in [1.165, 1.54) is 17.6 Å². The van der Waals surface area contributed by atoms with Crippen molar-refractivity contribution in [1.29, 1.82) is 0 Å². The van der Waals surface area contributed by atoms with Crippen LogP contribution in [0.2, 0.25) is 0 Å². The van der Waals surface area contributed by atoms with Crippen molar-refractivity contribution in [2.24, 2.45) is 0 Å². The van der Waals surface area contributed by atoms with Crippen molar-refractivity contribution < 1.29 is 0 Å². The van der Waals surface area contributed by atoms with Crippen LogP contribution in [0.15, 0.2) is 48.1 Å². The molecule has 0 spiro atoms. The topological polar surface area (TPSA) is 12.0 Å². The lowest BCUT2D eigenvalue weighted by Crippen LogP contribution is -2.17. The number of hydrogen-bond donors (Lipinski definition) is 1. The van der Waals surface area contributed by atoms with E-state index in [9.17, 15) is 0 Å². The van der Waals surface area contributed by atoms with Crippen LogP contribution in [0.25, 0.3) is 0 Å². The van der Waals surface area contributed by atoms with E-state index in [1.54, 1.807) is 0 Å². The van der Waals surface area contributed by atoms with E-state index >= 15 is 0 Å². The van der Waals surface area contributed by atoms with Crippen molar-refractivity contribution in [1.82, 2.24) is 5.32 Å². The summed E-state index contributed by atoms with van der Waals surface area (Å²) in [6.45, 7) is 28.4. The SMILES string of the molecule is C#C.C=C(/C=C\C=C/C)CCNC/C(C)=C/C.CC.CC.CC.CCC. The van der Waals surface area contributed by atoms with Crippen molar-refractivity contribution in [2.45, 2.75) is 89.0 Å². The summed E-state index contributed by atoms with van der Waals surface area (Å²) in [5.74, 6) is 0. The van der Waals surface area contributed by atoms with E-state index in [0.29, 0.717) is 0 Å². The van der Waals surface area contributed by atoms with Gasteiger partial charge in [-0.2, -0.15) is 0 Å². The van der Waals surface area contributed by atoms with Gasteiger partial charge in [0.05, 0.1) is 0 Å². The van der Waals surface area contributed by atoms with Gasteiger partial charge in [0, 0.05) is 6.54 Å². The monoisotopic (exact) mass is 365 g/mol. The summed E-state index contributed by atoms with van der Waals surface area (Å²) in [6.07, 6.45) is 20.5. The van der Waals surface area contributed by atoms with Gasteiger partial charge in [0.15, 0.2) is 0 Å². The summed E-state index contributed by atoms with van der Waals surface area (Å²) in [6, 6.07) is 0. The highest BCUT2D eigenvalue weighted by Gasteiger charge is 1.90. The Morgan fingerprint density at radius 2 is 1.35 bits per heavy atom. The summed E-state index contributed by atoms with van der Waals surface area (Å²) in [5, 5.41) is 3.38. The Labute approximate surface area is 168 Å². The number of nitrogens with one attached hydrogen (secondary N) is 1. The highest BCUT2D eigenvalue weighted by molar-refractivity contribution is 5.19. The number of hydrogen-bond acceptors (Lipinski definition) is 1. The van der Waals surface area contributed by atoms with Crippen molar-refractivity contribution in [3.63, 3.8) is 0 Å². The van der Waals surface area contributed by atoms with E-state index in [1.807, 2.05) is 66.7 Å². The van der Waals surface area contributed by atoms with E-state index in [2.05, 4.69) is 64.6 Å². The first-order chi connectivity index (χ1) is 12.6. The highest BCUT2D eigenvalue weighted by atomic mass is 14.8. The molecule has 1 nitrogen and oxygen atoms in total. The second-order valence-electron chi connectivity index (χ2n) is 4.31. The Morgan fingerprint density at radius 3 is 1.69 bits per heavy atom. The summed E-state index contributed by atoms with van der Waals surface area (Å²) >= 11 is 0. The molecule has 0 fully saturated rings. The molecule has 0 heterocycles. The third-order valence-corrected chi connectivity index (χ3v) is 2.16. The molecule has 0 bridgehead atoms.